The number of benzene rings is 1. The Kier molecular flexibility index (Phi) is 3.98. The van der Waals surface area contributed by atoms with Gasteiger partial charge in [-0.05, 0) is 37.5 Å². The van der Waals surface area contributed by atoms with Gasteiger partial charge in [0.2, 0.25) is 10.0 Å². The maximum Gasteiger partial charge on any atom is 0.240 e. The van der Waals surface area contributed by atoms with Crippen molar-refractivity contribution in [2.75, 3.05) is 23.8 Å². The zero-order chi connectivity index (χ0) is 14.0. The molecule has 1 fully saturated rings. The number of aliphatic hydroxyl groups excluding tert-OH is 1. The van der Waals surface area contributed by atoms with Crippen molar-refractivity contribution in [2.45, 2.75) is 30.2 Å². The minimum absolute atomic E-state index is 0.00552. The van der Waals surface area contributed by atoms with Gasteiger partial charge in [-0.3, -0.25) is 0 Å². The summed E-state index contributed by atoms with van der Waals surface area (Å²) in [7, 11) is -3.84. The Morgan fingerprint density at radius 3 is 2.74 bits per heavy atom. The van der Waals surface area contributed by atoms with Gasteiger partial charge in [0.05, 0.1) is 18.3 Å². The lowest BCUT2D eigenvalue weighted by Gasteiger charge is -2.37. The Bertz CT molecular complexity index is 559. The number of anilines is 2. The minimum atomic E-state index is -3.84. The first kappa shape index (κ1) is 14.1. The lowest BCUT2D eigenvalue weighted by molar-refractivity contribution is 0.239. The maximum absolute atomic E-state index is 11.7. The Balaban J connectivity index is 2.49. The highest BCUT2D eigenvalue weighted by Gasteiger charge is 2.26. The van der Waals surface area contributed by atoms with E-state index in [9.17, 15) is 13.5 Å². The molecule has 1 aliphatic rings. The van der Waals surface area contributed by atoms with Crippen LogP contribution in [0.2, 0.25) is 0 Å². The Labute approximate surface area is 113 Å². The van der Waals surface area contributed by atoms with Crippen LogP contribution in [-0.4, -0.2) is 32.7 Å². The van der Waals surface area contributed by atoms with Crippen molar-refractivity contribution >= 4 is 21.4 Å². The van der Waals surface area contributed by atoms with Crippen LogP contribution in [0.25, 0.3) is 0 Å². The van der Waals surface area contributed by atoms with Crippen molar-refractivity contribution in [2.24, 2.45) is 5.14 Å². The maximum atomic E-state index is 11.7. The molecule has 1 atom stereocenters. The third-order valence-electron chi connectivity index (χ3n) is 3.44. The summed E-state index contributed by atoms with van der Waals surface area (Å²) in [6.45, 7) is 0.700. The van der Waals surface area contributed by atoms with Crippen LogP contribution in [0.5, 0.6) is 0 Å². The van der Waals surface area contributed by atoms with Crippen LogP contribution in [0.3, 0.4) is 0 Å². The quantitative estimate of drug-likeness (QED) is 0.690. The van der Waals surface area contributed by atoms with Gasteiger partial charge in [-0.25, -0.2) is 13.6 Å². The highest BCUT2D eigenvalue weighted by atomic mass is 32.2. The summed E-state index contributed by atoms with van der Waals surface area (Å²) in [4.78, 5) is 1.93. The van der Waals surface area contributed by atoms with Gasteiger partial charge in [-0.2, -0.15) is 0 Å². The van der Waals surface area contributed by atoms with Gasteiger partial charge in [-0.15, -0.1) is 0 Å². The molecule has 1 saturated heterocycles. The SMILES string of the molecule is Nc1ccc(N2CCCCC2CO)c(S(N)(=O)=O)c1. The van der Waals surface area contributed by atoms with Crippen molar-refractivity contribution in [3.8, 4) is 0 Å². The monoisotopic (exact) mass is 285 g/mol. The second-order valence-corrected chi connectivity index (χ2v) is 6.33. The topological polar surface area (TPSA) is 110 Å². The van der Waals surface area contributed by atoms with Crippen LogP contribution in [0, 0.1) is 0 Å². The van der Waals surface area contributed by atoms with E-state index in [0.717, 1.165) is 19.3 Å². The van der Waals surface area contributed by atoms with E-state index in [2.05, 4.69) is 0 Å². The Hall–Kier alpha value is -1.31. The molecule has 0 aromatic heterocycles. The average molecular weight is 285 g/mol. The van der Waals surface area contributed by atoms with Gasteiger partial charge in [0, 0.05) is 12.2 Å². The Morgan fingerprint density at radius 1 is 1.37 bits per heavy atom. The average Bonchev–Trinajstić information content (AvgIpc) is 2.37. The zero-order valence-corrected chi connectivity index (χ0v) is 11.4. The molecule has 1 aromatic rings. The predicted octanol–water partition coefficient (Wildman–Crippen LogP) is 0.267. The van der Waals surface area contributed by atoms with Crippen LogP contribution < -0.4 is 15.8 Å². The fourth-order valence-electron chi connectivity index (χ4n) is 2.50. The summed E-state index contributed by atoms with van der Waals surface area (Å²) in [5, 5.41) is 14.7. The van der Waals surface area contributed by atoms with E-state index >= 15 is 0 Å². The van der Waals surface area contributed by atoms with Crippen molar-refractivity contribution in [1.82, 2.24) is 0 Å². The van der Waals surface area contributed by atoms with E-state index in [1.807, 2.05) is 4.90 Å². The van der Waals surface area contributed by atoms with Gasteiger partial charge in [-0.1, -0.05) is 0 Å². The molecule has 1 aliphatic heterocycles. The molecule has 0 radical (unpaired) electrons. The summed E-state index contributed by atoms with van der Waals surface area (Å²) in [6.07, 6.45) is 2.83. The van der Waals surface area contributed by atoms with Crippen LogP contribution in [0.4, 0.5) is 11.4 Å². The summed E-state index contributed by atoms with van der Waals surface area (Å²) in [6, 6.07) is 4.60. The number of primary sulfonamides is 1. The lowest BCUT2D eigenvalue weighted by Crippen LogP contribution is -2.42. The highest BCUT2D eigenvalue weighted by Crippen LogP contribution is 2.31. The number of hydrogen-bond acceptors (Lipinski definition) is 5. The third kappa shape index (κ3) is 2.99. The summed E-state index contributed by atoms with van der Waals surface area (Å²) >= 11 is 0. The molecule has 1 heterocycles. The number of nitrogen functional groups attached to an aromatic ring is 1. The van der Waals surface area contributed by atoms with Gasteiger partial charge < -0.3 is 15.7 Å². The molecular formula is C12H19N3O3S. The van der Waals surface area contributed by atoms with Crippen LogP contribution in [0.15, 0.2) is 23.1 Å². The zero-order valence-electron chi connectivity index (χ0n) is 10.6. The molecule has 5 N–H and O–H groups in total. The number of rotatable bonds is 3. The molecule has 0 amide bonds. The van der Waals surface area contributed by atoms with Crippen LogP contribution >= 0.6 is 0 Å². The molecule has 0 saturated carbocycles. The molecule has 0 aliphatic carbocycles. The molecule has 6 nitrogen and oxygen atoms in total. The smallest absolute Gasteiger partial charge is 0.240 e. The van der Waals surface area contributed by atoms with Gasteiger partial charge in [0.25, 0.3) is 0 Å². The fourth-order valence-corrected chi connectivity index (χ4v) is 3.28. The minimum Gasteiger partial charge on any atom is -0.399 e. The van der Waals surface area contributed by atoms with Gasteiger partial charge in [0.15, 0.2) is 0 Å². The normalized spacial score (nSPS) is 20.5. The van der Waals surface area contributed by atoms with Gasteiger partial charge in [0.1, 0.15) is 4.90 Å². The number of aliphatic hydroxyl groups is 1. The van der Waals surface area contributed by atoms with Crippen molar-refractivity contribution in [1.29, 1.82) is 0 Å². The standard InChI is InChI=1S/C12H19N3O3S/c13-9-4-5-11(12(7-9)19(14,17)18)15-6-2-1-3-10(15)8-16/h4-5,7,10,16H,1-3,6,8,13H2,(H2,14,17,18). The molecule has 19 heavy (non-hydrogen) atoms. The van der Waals surface area contributed by atoms with Gasteiger partial charge >= 0.3 is 0 Å². The first-order valence-corrected chi connectivity index (χ1v) is 7.78. The van der Waals surface area contributed by atoms with Crippen LogP contribution in [0.1, 0.15) is 19.3 Å². The molecule has 1 unspecified atom stereocenters. The van der Waals surface area contributed by atoms with E-state index in [1.165, 1.54) is 6.07 Å². The van der Waals surface area contributed by atoms with Crippen molar-refractivity contribution < 1.29 is 13.5 Å². The second kappa shape index (κ2) is 5.36. The molecule has 0 spiro atoms. The summed E-state index contributed by atoms with van der Waals surface area (Å²) < 4.78 is 23.4. The molecule has 106 valence electrons. The van der Waals surface area contributed by atoms with E-state index < -0.39 is 10.0 Å². The number of sulfonamides is 1. The highest BCUT2D eigenvalue weighted by molar-refractivity contribution is 7.89. The molecule has 7 heteroatoms. The predicted molar refractivity (Wildman–Crippen MR) is 74.3 cm³/mol. The third-order valence-corrected chi connectivity index (χ3v) is 4.38. The second-order valence-electron chi connectivity index (χ2n) is 4.80. The molecule has 2 rings (SSSR count). The van der Waals surface area contributed by atoms with E-state index in [0.29, 0.717) is 17.9 Å². The van der Waals surface area contributed by atoms with Crippen molar-refractivity contribution in [3.63, 3.8) is 0 Å². The molecular weight excluding hydrogens is 266 g/mol. The van der Waals surface area contributed by atoms with E-state index in [1.54, 1.807) is 12.1 Å². The van der Waals surface area contributed by atoms with E-state index in [4.69, 9.17) is 10.9 Å². The number of nitrogens with two attached hydrogens (primary N) is 2. The van der Waals surface area contributed by atoms with E-state index in [-0.39, 0.29) is 17.5 Å². The number of nitrogens with zero attached hydrogens (tertiary/aromatic N) is 1. The fraction of sp³-hybridized carbons (Fsp3) is 0.500. The number of hydrogen-bond donors (Lipinski definition) is 3. The molecule has 0 bridgehead atoms. The molecule has 1 aromatic carbocycles. The van der Waals surface area contributed by atoms with Crippen molar-refractivity contribution in [3.05, 3.63) is 18.2 Å². The lowest BCUT2D eigenvalue weighted by atomic mass is 10.0. The first-order chi connectivity index (χ1) is 8.93. The number of piperidine rings is 1. The first-order valence-electron chi connectivity index (χ1n) is 6.23. The summed E-state index contributed by atoms with van der Waals surface area (Å²) in [5.41, 5.74) is 6.51. The summed E-state index contributed by atoms with van der Waals surface area (Å²) in [5.74, 6) is 0. The largest absolute Gasteiger partial charge is 0.399 e. The Morgan fingerprint density at radius 2 is 2.11 bits per heavy atom. The van der Waals surface area contributed by atoms with Crippen LogP contribution in [-0.2, 0) is 10.0 Å².